The molecule has 0 aliphatic heterocycles. The van der Waals surface area contributed by atoms with Gasteiger partial charge in [0.15, 0.2) is 0 Å². The standard InChI is InChI=1S/C13H11F6N3/c14-12(15,16)7-1-2-10(13(17,18)19)8(5-7)9(6-20)11-21-3-4-22-11/h1-5,9H,6,20H2,(H,21,22). The molecule has 22 heavy (non-hydrogen) atoms. The highest BCUT2D eigenvalue weighted by molar-refractivity contribution is 5.40. The lowest BCUT2D eigenvalue weighted by Gasteiger charge is -2.20. The zero-order valence-electron chi connectivity index (χ0n) is 11.0. The fourth-order valence-electron chi connectivity index (χ4n) is 2.14. The second-order valence-corrected chi connectivity index (χ2v) is 4.56. The van der Waals surface area contributed by atoms with Gasteiger partial charge in [0.2, 0.25) is 0 Å². The van der Waals surface area contributed by atoms with Gasteiger partial charge in [-0.05, 0) is 23.8 Å². The van der Waals surface area contributed by atoms with Gasteiger partial charge in [0.1, 0.15) is 5.82 Å². The van der Waals surface area contributed by atoms with Crippen LogP contribution in [0.25, 0.3) is 0 Å². The summed E-state index contributed by atoms with van der Waals surface area (Å²) in [4.78, 5) is 6.38. The molecule has 0 aliphatic carbocycles. The number of hydrogen-bond acceptors (Lipinski definition) is 2. The summed E-state index contributed by atoms with van der Waals surface area (Å²) in [7, 11) is 0. The Bertz CT molecular complexity index is 630. The van der Waals surface area contributed by atoms with Gasteiger partial charge in [-0.15, -0.1) is 0 Å². The quantitative estimate of drug-likeness (QED) is 0.849. The minimum absolute atomic E-state index is 0.0762. The summed E-state index contributed by atoms with van der Waals surface area (Å²) in [6, 6.07) is 1.30. The van der Waals surface area contributed by atoms with E-state index in [0.29, 0.717) is 18.2 Å². The Balaban J connectivity index is 2.64. The number of aromatic amines is 1. The first-order chi connectivity index (χ1) is 10.1. The molecule has 3 nitrogen and oxygen atoms in total. The van der Waals surface area contributed by atoms with E-state index < -0.39 is 35.0 Å². The number of H-pyrrole nitrogens is 1. The van der Waals surface area contributed by atoms with Gasteiger partial charge in [-0.25, -0.2) is 4.98 Å². The van der Waals surface area contributed by atoms with E-state index >= 15 is 0 Å². The topological polar surface area (TPSA) is 54.7 Å². The highest BCUT2D eigenvalue weighted by Crippen LogP contribution is 2.40. The molecule has 0 fully saturated rings. The minimum Gasteiger partial charge on any atom is -0.348 e. The molecule has 0 radical (unpaired) electrons. The molecule has 3 N–H and O–H groups in total. The number of alkyl halides is 6. The first-order valence-corrected chi connectivity index (χ1v) is 6.12. The molecule has 1 aromatic carbocycles. The first-order valence-electron chi connectivity index (χ1n) is 6.12. The predicted molar refractivity (Wildman–Crippen MR) is 65.9 cm³/mol. The maximum atomic E-state index is 13.1. The Morgan fingerprint density at radius 2 is 1.77 bits per heavy atom. The monoisotopic (exact) mass is 323 g/mol. The highest BCUT2D eigenvalue weighted by Gasteiger charge is 2.39. The van der Waals surface area contributed by atoms with E-state index in [1.807, 2.05) is 0 Å². The van der Waals surface area contributed by atoms with Crippen LogP contribution >= 0.6 is 0 Å². The van der Waals surface area contributed by atoms with Gasteiger partial charge in [0, 0.05) is 18.9 Å². The first kappa shape index (κ1) is 16.3. The number of benzene rings is 1. The van der Waals surface area contributed by atoms with Gasteiger partial charge in [0.05, 0.1) is 17.0 Å². The molecule has 0 saturated heterocycles. The Kier molecular flexibility index (Phi) is 4.19. The smallest absolute Gasteiger partial charge is 0.348 e. The van der Waals surface area contributed by atoms with Gasteiger partial charge < -0.3 is 10.7 Å². The number of nitrogens with zero attached hydrogens (tertiary/aromatic N) is 1. The number of halogens is 6. The second-order valence-electron chi connectivity index (χ2n) is 4.56. The van der Waals surface area contributed by atoms with Crippen molar-refractivity contribution in [3.8, 4) is 0 Å². The van der Waals surface area contributed by atoms with Crippen LogP contribution < -0.4 is 5.73 Å². The average Bonchev–Trinajstić information content (AvgIpc) is 2.91. The SMILES string of the molecule is NCC(c1ncc[nH]1)c1cc(C(F)(F)F)ccc1C(F)(F)F. The maximum Gasteiger partial charge on any atom is 0.416 e. The van der Waals surface area contributed by atoms with Gasteiger partial charge in [-0.2, -0.15) is 26.3 Å². The number of nitrogens with one attached hydrogen (secondary N) is 1. The molecular weight excluding hydrogens is 312 g/mol. The average molecular weight is 323 g/mol. The van der Waals surface area contributed by atoms with E-state index in [1.165, 1.54) is 12.4 Å². The highest BCUT2D eigenvalue weighted by atomic mass is 19.4. The largest absolute Gasteiger partial charge is 0.416 e. The number of rotatable bonds is 3. The molecular formula is C13H11F6N3. The lowest BCUT2D eigenvalue weighted by Crippen LogP contribution is -2.21. The van der Waals surface area contributed by atoms with Crippen molar-refractivity contribution in [1.82, 2.24) is 9.97 Å². The summed E-state index contributed by atoms with van der Waals surface area (Å²) >= 11 is 0. The van der Waals surface area contributed by atoms with Gasteiger partial charge in [-0.3, -0.25) is 0 Å². The van der Waals surface area contributed by atoms with E-state index in [9.17, 15) is 26.3 Å². The van der Waals surface area contributed by atoms with Crippen LogP contribution in [0.5, 0.6) is 0 Å². The molecule has 1 atom stereocenters. The fraction of sp³-hybridized carbons (Fsp3) is 0.308. The van der Waals surface area contributed by atoms with Crippen molar-refractivity contribution >= 4 is 0 Å². The number of nitrogens with two attached hydrogens (primary N) is 1. The molecule has 9 heteroatoms. The van der Waals surface area contributed by atoms with Crippen LogP contribution in [0.3, 0.4) is 0 Å². The molecule has 0 saturated carbocycles. The van der Waals surface area contributed by atoms with E-state index in [4.69, 9.17) is 5.73 Å². The molecule has 120 valence electrons. The molecule has 2 rings (SSSR count). The molecule has 1 aromatic heterocycles. The molecule has 2 aromatic rings. The normalized spacial score (nSPS) is 14.1. The van der Waals surface area contributed by atoms with Crippen LogP contribution in [0.4, 0.5) is 26.3 Å². The van der Waals surface area contributed by atoms with Gasteiger partial charge in [-0.1, -0.05) is 0 Å². The summed E-state index contributed by atoms with van der Waals surface area (Å²) in [5.41, 5.74) is 2.58. The van der Waals surface area contributed by atoms with Crippen molar-refractivity contribution in [3.63, 3.8) is 0 Å². The Morgan fingerprint density at radius 3 is 2.23 bits per heavy atom. The van der Waals surface area contributed by atoms with Crippen molar-refractivity contribution in [2.75, 3.05) is 6.54 Å². The maximum absolute atomic E-state index is 13.1. The van der Waals surface area contributed by atoms with E-state index in [-0.39, 0.29) is 12.4 Å². The van der Waals surface area contributed by atoms with Crippen LogP contribution in [0.1, 0.15) is 28.4 Å². The third-order valence-electron chi connectivity index (χ3n) is 3.14. The Labute approximate surface area is 121 Å². The Hall–Kier alpha value is -2.03. The second kappa shape index (κ2) is 5.64. The molecule has 1 unspecified atom stereocenters. The number of aromatic nitrogens is 2. The summed E-state index contributed by atoms with van der Waals surface area (Å²) in [5.74, 6) is -1.04. The van der Waals surface area contributed by atoms with E-state index in [2.05, 4.69) is 9.97 Å². The summed E-state index contributed by atoms with van der Waals surface area (Å²) in [6.07, 6.45) is -6.89. The van der Waals surface area contributed by atoms with Gasteiger partial charge in [0.25, 0.3) is 0 Å². The third kappa shape index (κ3) is 3.24. The van der Waals surface area contributed by atoms with Crippen molar-refractivity contribution in [3.05, 3.63) is 53.1 Å². The van der Waals surface area contributed by atoms with Crippen LogP contribution in [0.15, 0.2) is 30.6 Å². The molecule has 0 aliphatic rings. The van der Waals surface area contributed by atoms with Crippen LogP contribution in [-0.2, 0) is 12.4 Å². The molecule has 0 bridgehead atoms. The van der Waals surface area contributed by atoms with Gasteiger partial charge >= 0.3 is 12.4 Å². The third-order valence-corrected chi connectivity index (χ3v) is 3.14. The molecule has 0 spiro atoms. The van der Waals surface area contributed by atoms with Crippen LogP contribution in [0, 0.1) is 0 Å². The minimum atomic E-state index is -4.79. The molecule has 1 heterocycles. The summed E-state index contributed by atoms with van der Waals surface area (Å²) in [6.45, 7) is -0.322. The fourth-order valence-corrected chi connectivity index (χ4v) is 2.14. The van der Waals surface area contributed by atoms with Crippen molar-refractivity contribution < 1.29 is 26.3 Å². The zero-order valence-corrected chi connectivity index (χ0v) is 11.0. The summed E-state index contributed by atoms with van der Waals surface area (Å²) in [5, 5.41) is 0. The lowest BCUT2D eigenvalue weighted by atomic mass is 9.91. The summed E-state index contributed by atoms with van der Waals surface area (Å²) < 4.78 is 77.5. The number of hydrogen-bond donors (Lipinski definition) is 2. The van der Waals surface area contributed by atoms with E-state index in [0.717, 1.165) is 0 Å². The van der Waals surface area contributed by atoms with Crippen molar-refractivity contribution in [2.24, 2.45) is 5.73 Å². The van der Waals surface area contributed by atoms with Crippen LogP contribution in [-0.4, -0.2) is 16.5 Å². The van der Waals surface area contributed by atoms with E-state index in [1.54, 1.807) is 0 Å². The molecule has 0 amide bonds. The predicted octanol–water partition coefficient (Wildman–Crippen LogP) is 3.54. The zero-order chi connectivity index (χ0) is 16.5. The van der Waals surface area contributed by atoms with Crippen molar-refractivity contribution in [2.45, 2.75) is 18.3 Å². The van der Waals surface area contributed by atoms with Crippen molar-refractivity contribution in [1.29, 1.82) is 0 Å². The lowest BCUT2D eigenvalue weighted by molar-refractivity contribution is -0.142. The van der Waals surface area contributed by atoms with Crippen LogP contribution in [0.2, 0.25) is 0 Å². The number of imidazole rings is 1. The Morgan fingerprint density at radius 1 is 1.09 bits per heavy atom.